The molecule has 2 N–H and O–H groups in total. The SMILES string of the molecule is CCC1(C)CC(N)(c2noc(C3CC3)n2)CCO1. The number of ether oxygens (including phenoxy) is 1. The van der Waals surface area contributed by atoms with Crippen LogP contribution in [0.2, 0.25) is 0 Å². The second-order valence-electron chi connectivity index (χ2n) is 5.97. The van der Waals surface area contributed by atoms with Gasteiger partial charge in [-0.3, -0.25) is 0 Å². The van der Waals surface area contributed by atoms with E-state index in [2.05, 4.69) is 24.0 Å². The lowest BCUT2D eigenvalue weighted by Gasteiger charge is -2.42. The van der Waals surface area contributed by atoms with Gasteiger partial charge in [-0.05, 0) is 32.6 Å². The molecule has 18 heavy (non-hydrogen) atoms. The minimum atomic E-state index is -0.500. The predicted octanol–water partition coefficient (Wildman–Crippen LogP) is 2.08. The molecule has 0 aromatic carbocycles. The molecule has 3 rings (SSSR count). The average molecular weight is 251 g/mol. The molecule has 2 aliphatic rings. The number of nitrogens with two attached hydrogens (primary N) is 1. The first-order chi connectivity index (χ1) is 8.55. The number of nitrogens with zero attached hydrogens (tertiary/aromatic N) is 2. The summed E-state index contributed by atoms with van der Waals surface area (Å²) in [6.45, 7) is 4.89. The maximum absolute atomic E-state index is 6.50. The van der Waals surface area contributed by atoms with Crippen molar-refractivity contribution in [2.75, 3.05) is 6.61 Å². The Balaban J connectivity index is 1.83. The summed E-state index contributed by atoms with van der Waals surface area (Å²) >= 11 is 0. The third-order valence-corrected chi connectivity index (χ3v) is 4.25. The zero-order chi connectivity index (χ0) is 12.8. The van der Waals surface area contributed by atoms with Gasteiger partial charge in [0.05, 0.1) is 11.1 Å². The van der Waals surface area contributed by atoms with Crippen LogP contribution < -0.4 is 5.73 Å². The Morgan fingerprint density at radius 2 is 2.22 bits per heavy atom. The second-order valence-corrected chi connectivity index (χ2v) is 5.97. The van der Waals surface area contributed by atoms with E-state index in [4.69, 9.17) is 15.0 Å². The van der Waals surface area contributed by atoms with Crippen LogP contribution in [0.25, 0.3) is 0 Å². The molecule has 1 saturated carbocycles. The van der Waals surface area contributed by atoms with Gasteiger partial charge in [-0.1, -0.05) is 12.1 Å². The number of aromatic nitrogens is 2. The molecule has 1 aromatic heterocycles. The van der Waals surface area contributed by atoms with Gasteiger partial charge in [0.1, 0.15) is 0 Å². The summed E-state index contributed by atoms with van der Waals surface area (Å²) in [5.41, 5.74) is 5.83. The fourth-order valence-electron chi connectivity index (χ4n) is 2.64. The Kier molecular flexibility index (Phi) is 2.71. The fraction of sp³-hybridized carbons (Fsp3) is 0.846. The normalized spacial score (nSPS) is 36.8. The first kappa shape index (κ1) is 12.1. The van der Waals surface area contributed by atoms with E-state index in [-0.39, 0.29) is 5.60 Å². The lowest BCUT2D eigenvalue weighted by molar-refractivity contribution is -0.0973. The van der Waals surface area contributed by atoms with E-state index < -0.39 is 5.54 Å². The van der Waals surface area contributed by atoms with Gasteiger partial charge in [0.15, 0.2) is 5.82 Å². The van der Waals surface area contributed by atoms with E-state index in [0.717, 1.165) is 38.0 Å². The van der Waals surface area contributed by atoms with E-state index in [1.807, 2.05) is 0 Å². The minimum absolute atomic E-state index is 0.173. The van der Waals surface area contributed by atoms with Crippen LogP contribution >= 0.6 is 0 Å². The molecule has 1 saturated heterocycles. The summed E-state index contributed by atoms with van der Waals surface area (Å²) < 4.78 is 11.2. The molecule has 5 nitrogen and oxygen atoms in total. The van der Waals surface area contributed by atoms with Gasteiger partial charge in [0.25, 0.3) is 0 Å². The van der Waals surface area contributed by atoms with Crippen LogP contribution in [0.4, 0.5) is 0 Å². The molecule has 2 atom stereocenters. The number of hydrogen-bond donors (Lipinski definition) is 1. The molecular weight excluding hydrogens is 230 g/mol. The van der Waals surface area contributed by atoms with E-state index in [1.165, 1.54) is 0 Å². The van der Waals surface area contributed by atoms with E-state index >= 15 is 0 Å². The summed E-state index contributed by atoms with van der Waals surface area (Å²) in [4.78, 5) is 4.51. The fourth-order valence-corrected chi connectivity index (χ4v) is 2.64. The van der Waals surface area contributed by atoms with E-state index in [1.54, 1.807) is 0 Å². The van der Waals surface area contributed by atoms with Crippen molar-refractivity contribution in [3.8, 4) is 0 Å². The molecule has 0 amide bonds. The Hall–Kier alpha value is -0.940. The molecule has 2 fully saturated rings. The van der Waals surface area contributed by atoms with Crippen LogP contribution in [0.15, 0.2) is 4.52 Å². The van der Waals surface area contributed by atoms with Gasteiger partial charge >= 0.3 is 0 Å². The zero-order valence-corrected chi connectivity index (χ0v) is 11.1. The molecule has 2 heterocycles. The van der Waals surface area contributed by atoms with Crippen molar-refractivity contribution in [3.05, 3.63) is 11.7 Å². The molecule has 0 spiro atoms. The lowest BCUT2D eigenvalue weighted by Crippen LogP contribution is -2.51. The molecule has 1 aromatic rings. The molecule has 1 aliphatic carbocycles. The number of rotatable bonds is 3. The first-order valence-electron chi connectivity index (χ1n) is 6.82. The van der Waals surface area contributed by atoms with Gasteiger partial charge in [-0.25, -0.2) is 0 Å². The Morgan fingerprint density at radius 3 is 2.89 bits per heavy atom. The van der Waals surface area contributed by atoms with Crippen molar-refractivity contribution < 1.29 is 9.26 Å². The van der Waals surface area contributed by atoms with Crippen molar-refractivity contribution >= 4 is 0 Å². The highest BCUT2D eigenvalue weighted by Crippen LogP contribution is 2.42. The Bertz CT molecular complexity index is 443. The van der Waals surface area contributed by atoms with Crippen LogP contribution in [0.5, 0.6) is 0 Å². The minimum Gasteiger partial charge on any atom is -0.375 e. The van der Waals surface area contributed by atoms with E-state index in [0.29, 0.717) is 18.3 Å². The molecule has 100 valence electrons. The Labute approximate surface area is 107 Å². The van der Waals surface area contributed by atoms with Crippen molar-refractivity contribution in [1.82, 2.24) is 10.1 Å². The van der Waals surface area contributed by atoms with Crippen LogP contribution in [0.3, 0.4) is 0 Å². The lowest BCUT2D eigenvalue weighted by atomic mass is 9.79. The summed E-state index contributed by atoms with van der Waals surface area (Å²) in [5.74, 6) is 1.90. The molecule has 0 radical (unpaired) electrons. The van der Waals surface area contributed by atoms with Crippen LogP contribution in [0, 0.1) is 0 Å². The third kappa shape index (κ3) is 2.06. The molecule has 0 bridgehead atoms. The van der Waals surface area contributed by atoms with Crippen molar-refractivity contribution in [2.45, 2.75) is 63.0 Å². The van der Waals surface area contributed by atoms with Crippen LogP contribution in [-0.4, -0.2) is 22.3 Å². The second kappa shape index (κ2) is 4.03. The van der Waals surface area contributed by atoms with Crippen molar-refractivity contribution in [3.63, 3.8) is 0 Å². The number of hydrogen-bond acceptors (Lipinski definition) is 5. The predicted molar refractivity (Wildman–Crippen MR) is 66.0 cm³/mol. The van der Waals surface area contributed by atoms with Crippen LogP contribution in [0.1, 0.15) is 63.6 Å². The maximum Gasteiger partial charge on any atom is 0.229 e. The van der Waals surface area contributed by atoms with Gasteiger partial charge < -0.3 is 15.0 Å². The summed E-state index contributed by atoms with van der Waals surface area (Å²) in [6.07, 6.45) is 4.77. The highest BCUT2D eigenvalue weighted by molar-refractivity contribution is 5.11. The molecule has 1 aliphatic heterocycles. The average Bonchev–Trinajstić information content (AvgIpc) is 3.06. The topological polar surface area (TPSA) is 74.2 Å². The van der Waals surface area contributed by atoms with Crippen molar-refractivity contribution in [2.24, 2.45) is 5.73 Å². The van der Waals surface area contributed by atoms with E-state index in [9.17, 15) is 0 Å². The molecule has 5 heteroatoms. The zero-order valence-electron chi connectivity index (χ0n) is 11.1. The first-order valence-corrected chi connectivity index (χ1v) is 6.82. The van der Waals surface area contributed by atoms with Crippen molar-refractivity contribution in [1.29, 1.82) is 0 Å². The van der Waals surface area contributed by atoms with Gasteiger partial charge in [0.2, 0.25) is 5.89 Å². The quantitative estimate of drug-likeness (QED) is 0.890. The third-order valence-electron chi connectivity index (χ3n) is 4.25. The summed E-state index contributed by atoms with van der Waals surface area (Å²) in [5, 5.41) is 4.11. The largest absolute Gasteiger partial charge is 0.375 e. The van der Waals surface area contributed by atoms with Gasteiger partial charge in [-0.15, -0.1) is 0 Å². The molecule has 2 unspecified atom stereocenters. The smallest absolute Gasteiger partial charge is 0.229 e. The highest BCUT2D eigenvalue weighted by atomic mass is 16.5. The monoisotopic (exact) mass is 251 g/mol. The summed E-state index contributed by atoms with van der Waals surface area (Å²) in [6, 6.07) is 0. The van der Waals surface area contributed by atoms with Gasteiger partial charge in [-0.2, -0.15) is 4.98 Å². The van der Waals surface area contributed by atoms with Gasteiger partial charge in [0, 0.05) is 18.9 Å². The highest BCUT2D eigenvalue weighted by Gasteiger charge is 2.44. The standard InChI is InChI=1S/C13H21N3O2/c1-3-12(2)8-13(14,6-7-17-12)11-15-10(18-16-11)9-4-5-9/h9H,3-8,14H2,1-2H3. The summed E-state index contributed by atoms with van der Waals surface area (Å²) in [7, 11) is 0. The maximum atomic E-state index is 6.50. The van der Waals surface area contributed by atoms with Crippen LogP contribution in [-0.2, 0) is 10.3 Å². The Morgan fingerprint density at radius 1 is 1.44 bits per heavy atom. The molecular formula is C13H21N3O2.